The van der Waals surface area contributed by atoms with Gasteiger partial charge in [0.25, 0.3) is 0 Å². The van der Waals surface area contributed by atoms with Crippen molar-refractivity contribution in [2.45, 2.75) is 13.5 Å². The molecule has 0 aliphatic heterocycles. The maximum Gasteiger partial charge on any atom is 0.302 e. The van der Waals surface area contributed by atoms with E-state index in [9.17, 15) is 4.79 Å². The number of halogens is 5. The van der Waals surface area contributed by atoms with Gasteiger partial charge in [0.1, 0.15) is 6.61 Å². The average molecular weight is 545 g/mol. The molecule has 0 bridgehead atoms. The first-order valence-corrected chi connectivity index (χ1v) is 7.96. The zero-order chi connectivity index (χ0) is 12.5. The maximum atomic E-state index is 10.8. The molecule has 0 aliphatic rings. The molecular weight excluding hydrogens is 540 g/mol. The quantitative estimate of drug-likeness (QED) is 0.277. The lowest BCUT2D eigenvalue weighted by Crippen LogP contribution is -2.01. The minimum absolute atomic E-state index is 0.209. The summed E-state index contributed by atoms with van der Waals surface area (Å²) >= 11 is 17.2. The second-order valence-corrected chi connectivity index (χ2v) is 6.79. The molecule has 0 saturated heterocycles. The number of esters is 1. The number of rotatable bonds is 2. The van der Waals surface area contributed by atoms with Gasteiger partial charge in [0.15, 0.2) is 0 Å². The Hall–Kier alpha value is 1.09. The number of carbonyl (C=O) groups excluding carboxylic acids is 1. The van der Waals surface area contributed by atoms with Crippen LogP contribution in [0.2, 0.25) is 0 Å². The Morgan fingerprint density at radius 3 is 1.69 bits per heavy atom. The van der Waals surface area contributed by atoms with Crippen molar-refractivity contribution < 1.29 is 9.53 Å². The molecule has 0 aromatic heterocycles. The second kappa shape index (κ2) is 6.31. The van der Waals surface area contributed by atoms with Crippen molar-refractivity contribution >= 4 is 85.6 Å². The molecule has 1 aromatic rings. The van der Waals surface area contributed by atoms with Gasteiger partial charge >= 0.3 is 5.97 Å². The summed E-state index contributed by atoms with van der Waals surface area (Å²) in [6, 6.07) is 0. The van der Waals surface area contributed by atoms with E-state index < -0.39 is 0 Å². The summed E-state index contributed by atoms with van der Waals surface area (Å²) in [6.45, 7) is 1.59. The van der Waals surface area contributed by atoms with Crippen LogP contribution in [0, 0.1) is 0 Å². The maximum absolute atomic E-state index is 10.8. The molecule has 0 fully saturated rings. The molecule has 0 atom stereocenters. The first-order valence-electron chi connectivity index (χ1n) is 4.00. The molecule has 2 nitrogen and oxygen atoms in total. The van der Waals surface area contributed by atoms with E-state index in [4.69, 9.17) is 4.74 Å². The van der Waals surface area contributed by atoms with E-state index in [0.29, 0.717) is 0 Å². The Kier molecular flexibility index (Phi) is 5.98. The van der Waals surface area contributed by atoms with Crippen LogP contribution in [0.1, 0.15) is 12.5 Å². The third-order valence-corrected chi connectivity index (χ3v) is 7.98. The molecule has 1 aromatic carbocycles. The van der Waals surface area contributed by atoms with Crippen LogP contribution in [0.15, 0.2) is 22.4 Å². The average Bonchev–Trinajstić information content (AvgIpc) is 2.23. The molecule has 0 radical (unpaired) electrons. The van der Waals surface area contributed by atoms with Gasteiger partial charge in [-0.2, -0.15) is 0 Å². The lowest BCUT2D eigenvalue weighted by molar-refractivity contribution is -0.142. The molecule has 7 heteroatoms. The lowest BCUT2D eigenvalue weighted by Gasteiger charge is -2.13. The van der Waals surface area contributed by atoms with E-state index in [1.807, 2.05) is 0 Å². The lowest BCUT2D eigenvalue weighted by atomic mass is 10.2. The largest absolute Gasteiger partial charge is 0.461 e. The van der Waals surface area contributed by atoms with Gasteiger partial charge in [-0.25, -0.2) is 0 Å². The molecule has 0 aliphatic carbocycles. The Bertz CT molecular complexity index is 415. The Morgan fingerprint density at radius 2 is 1.31 bits per heavy atom. The molecule has 0 unspecified atom stereocenters. The summed E-state index contributed by atoms with van der Waals surface area (Å²) in [6.07, 6.45) is 0. The number of benzene rings is 1. The van der Waals surface area contributed by atoms with Gasteiger partial charge in [0.05, 0.1) is 0 Å². The van der Waals surface area contributed by atoms with E-state index in [1.165, 1.54) is 6.92 Å². The molecule has 0 saturated carbocycles. The fraction of sp³-hybridized carbons (Fsp3) is 0.222. The van der Waals surface area contributed by atoms with Gasteiger partial charge in [-0.1, -0.05) is 0 Å². The molecule has 0 N–H and O–H groups in total. The van der Waals surface area contributed by atoms with Gasteiger partial charge in [-0.3, -0.25) is 4.79 Å². The predicted molar refractivity (Wildman–Crippen MR) is 80.4 cm³/mol. The van der Waals surface area contributed by atoms with Gasteiger partial charge in [-0.15, -0.1) is 0 Å². The highest BCUT2D eigenvalue weighted by Crippen LogP contribution is 2.44. The van der Waals surface area contributed by atoms with E-state index in [0.717, 1.165) is 27.9 Å². The summed E-state index contributed by atoms with van der Waals surface area (Å²) in [5.74, 6) is -0.311. The smallest absolute Gasteiger partial charge is 0.302 e. The Balaban J connectivity index is 3.23. The van der Waals surface area contributed by atoms with Crippen LogP contribution in [-0.2, 0) is 16.1 Å². The number of ether oxygens (including phenoxy) is 1. The van der Waals surface area contributed by atoms with Crippen LogP contribution in [0.25, 0.3) is 0 Å². The summed E-state index contributed by atoms with van der Waals surface area (Å²) in [4.78, 5) is 10.8. The molecule has 0 heterocycles. The van der Waals surface area contributed by atoms with Crippen molar-refractivity contribution in [1.29, 1.82) is 0 Å². The first kappa shape index (κ1) is 15.1. The van der Waals surface area contributed by atoms with E-state index in [1.54, 1.807) is 0 Å². The molecule has 88 valence electrons. The van der Waals surface area contributed by atoms with Crippen molar-refractivity contribution in [3.05, 3.63) is 27.9 Å². The fourth-order valence-corrected chi connectivity index (χ4v) is 4.31. The van der Waals surface area contributed by atoms with E-state index >= 15 is 0 Å². The van der Waals surface area contributed by atoms with Crippen molar-refractivity contribution in [3.63, 3.8) is 0 Å². The van der Waals surface area contributed by atoms with Crippen LogP contribution >= 0.6 is 79.6 Å². The van der Waals surface area contributed by atoms with Crippen molar-refractivity contribution in [1.82, 2.24) is 0 Å². The zero-order valence-corrected chi connectivity index (χ0v) is 15.8. The topological polar surface area (TPSA) is 26.3 Å². The minimum atomic E-state index is -0.311. The van der Waals surface area contributed by atoms with Gasteiger partial charge in [0.2, 0.25) is 0 Å². The van der Waals surface area contributed by atoms with Crippen molar-refractivity contribution in [2.75, 3.05) is 0 Å². The summed E-state index contributed by atoms with van der Waals surface area (Å²) in [7, 11) is 0. The third kappa shape index (κ3) is 3.31. The van der Waals surface area contributed by atoms with Crippen molar-refractivity contribution in [2.24, 2.45) is 0 Å². The number of hydrogen-bond acceptors (Lipinski definition) is 2. The van der Waals surface area contributed by atoms with Gasteiger partial charge < -0.3 is 4.74 Å². The molecular formula is C9H5Br5O2. The highest BCUT2D eigenvalue weighted by Gasteiger charge is 2.18. The standard InChI is InChI=1S/C9H5Br5O2/c1-3(15)16-2-4-5(10)7(12)9(14)8(13)6(4)11/h2H2,1H3. The third-order valence-electron chi connectivity index (χ3n) is 1.72. The minimum Gasteiger partial charge on any atom is -0.461 e. The van der Waals surface area contributed by atoms with Crippen molar-refractivity contribution in [3.8, 4) is 0 Å². The number of carbonyl (C=O) groups is 1. The number of hydrogen-bond donors (Lipinski definition) is 0. The summed E-state index contributed by atoms with van der Waals surface area (Å²) in [5, 5.41) is 0. The SMILES string of the molecule is CC(=O)OCc1c(Br)c(Br)c(Br)c(Br)c1Br. The predicted octanol–water partition coefficient (Wildman–Crippen LogP) is 5.56. The fourth-order valence-electron chi connectivity index (χ4n) is 0.951. The van der Waals surface area contributed by atoms with E-state index in [-0.39, 0.29) is 12.6 Å². The molecule has 16 heavy (non-hydrogen) atoms. The molecule has 1 rings (SSSR count). The second-order valence-electron chi connectivity index (χ2n) is 2.83. The van der Waals surface area contributed by atoms with E-state index in [2.05, 4.69) is 79.6 Å². The van der Waals surface area contributed by atoms with Crippen LogP contribution in [0.5, 0.6) is 0 Å². The normalized spacial score (nSPS) is 10.4. The van der Waals surface area contributed by atoms with Gasteiger partial charge in [-0.05, 0) is 79.6 Å². The van der Waals surface area contributed by atoms with Crippen LogP contribution in [0.3, 0.4) is 0 Å². The Labute approximate surface area is 135 Å². The van der Waals surface area contributed by atoms with Crippen LogP contribution < -0.4 is 0 Å². The van der Waals surface area contributed by atoms with Crippen LogP contribution in [-0.4, -0.2) is 5.97 Å². The zero-order valence-electron chi connectivity index (χ0n) is 7.91. The highest BCUT2D eigenvalue weighted by atomic mass is 79.9. The molecule has 0 amide bonds. The van der Waals surface area contributed by atoms with Gasteiger partial charge in [0, 0.05) is 34.9 Å². The molecule has 0 spiro atoms. The highest BCUT2D eigenvalue weighted by molar-refractivity contribution is 9.15. The van der Waals surface area contributed by atoms with Crippen LogP contribution in [0.4, 0.5) is 0 Å². The summed E-state index contributed by atoms with van der Waals surface area (Å²) < 4.78 is 9.29. The Morgan fingerprint density at radius 1 is 0.938 bits per heavy atom. The monoisotopic (exact) mass is 540 g/mol. The first-order chi connectivity index (χ1) is 7.36. The summed E-state index contributed by atoms with van der Waals surface area (Å²) in [5.41, 5.74) is 0.858.